The quantitative estimate of drug-likeness (QED) is 0.673. The molecule has 0 spiro atoms. The molecule has 0 radical (unpaired) electrons. The first-order valence-corrected chi connectivity index (χ1v) is 6.79. The molecular weight excluding hydrogens is 200 g/mol. The van der Waals surface area contributed by atoms with Crippen LogP contribution in [0.1, 0.15) is 40.0 Å². The average Bonchev–Trinajstić information content (AvgIpc) is 2.29. The van der Waals surface area contributed by atoms with Gasteiger partial charge in [0.25, 0.3) is 0 Å². The molecule has 0 aliphatic carbocycles. The van der Waals surface area contributed by atoms with E-state index in [1.54, 1.807) is 0 Å². The van der Waals surface area contributed by atoms with Crippen LogP contribution in [0.25, 0.3) is 0 Å². The molecule has 16 heavy (non-hydrogen) atoms. The van der Waals surface area contributed by atoms with E-state index in [1.807, 2.05) is 0 Å². The van der Waals surface area contributed by atoms with Crippen molar-refractivity contribution in [1.29, 1.82) is 0 Å². The normalized spacial score (nSPS) is 19.5. The number of rotatable bonds is 7. The van der Waals surface area contributed by atoms with Gasteiger partial charge in [-0.2, -0.15) is 0 Å². The highest BCUT2D eigenvalue weighted by Crippen LogP contribution is 2.13. The van der Waals surface area contributed by atoms with Crippen LogP contribution in [0.2, 0.25) is 0 Å². The third kappa shape index (κ3) is 5.83. The highest BCUT2D eigenvalue weighted by Gasteiger charge is 2.17. The minimum absolute atomic E-state index is 0.516. The summed E-state index contributed by atoms with van der Waals surface area (Å²) in [6, 6.07) is 0.591. The molecule has 1 fully saturated rings. The first kappa shape index (κ1) is 13.9. The lowest BCUT2D eigenvalue weighted by molar-refractivity contribution is 0.00766. The fourth-order valence-corrected chi connectivity index (χ4v) is 2.11. The molecule has 0 bridgehead atoms. The number of likely N-dealkylation sites (tertiary alicyclic amines) is 1. The van der Waals surface area contributed by atoms with Gasteiger partial charge in [0.2, 0.25) is 0 Å². The minimum atomic E-state index is 0.516. The average molecular weight is 228 g/mol. The lowest BCUT2D eigenvalue weighted by atomic mass is 10.1. The molecular formula is C13H28N2O. The van der Waals surface area contributed by atoms with Crippen LogP contribution in [0.5, 0.6) is 0 Å². The van der Waals surface area contributed by atoms with Crippen molar-refractivity contribution in [2.24, 2.45) is 0 Å². The van der Waals surface area contributed by atoms with Crippen LogP contribution in [-0.2, 0) is 4.74 Å². The van der Waals surface area contributed by atoms with Gasteiger partial charge in [-0.15, -0.1) is 0 Å². The minimum Gasteiger partial charge on any atom is -0.378 e. The molecule has 0 saturated carbocycles. The molecule has 1 heterocycles. The third-order valence-electron chi connectivity index (χ3n) is 3.21. The Balaban J connectivity index is 1.94. The van der Waals surface area contributed by atoms with Gasteiger partial charge in [-0.05, 0) is 32.4 Å². The lowest BCUT2D eigenvalue weighted by Gasteiger charge is -2.30. The zero-order valence-corrected chi connectivity index (χ0v) is 11.2. The van der Waals surface area contributed by atoms with Gasteiger partial charge in [0.15, 0.2) is 0 Å². The van der Waals surface area contributed by atoms with Crippen molar-refractivity contribution in [2.75, 3.05) is 32.8 Å². The van der Waals surface area contributed by atoms with Crippen LogP contribution < -0.4 is 5.32 Å². The predicted molar refractivity (Wildman–Crippen MR) is 68.8 cm³/mol. The van der Waals surface area contributed by atoms with Gasteiger partial charge in [0.1, 0.15) is 0 Å². The first-order valence-electron chi connectivity index (χ1n) is 6.79. The number of ether oxygens (including phenoxy) is 1. The molecule has 96 valence electrons. The van der Waals surface area contributed by atoms with Crippen molar-refractivity contribution in [3.8, 4) is 0 Å². The van der Waals surface area contributed by atoms with Crippen LogP contribution in [0.3, 0.4) is 0 Å². The maximum atomic E-state index is 5.89. The molecule has 0 amide bonds. The first-order chi connectivity index (χ1) is 7.72. The van der Waals surface area contributed by atoms with E-state index >= 15 is 0 Å². The summed E-state index contributed by atoms with van der Waals surface area (Å²) < 4.78 is 5.89. The highest BCUT2D eigenvalue weighted by molar-refractivity contribution is 4.71. The Morgan fingerprint density at radius 1 is 1.31 bits per heavy atom. The van der Waals surface area contributed by atoms with Gasteiger partial charge in [0.05, 0.1) is 6.10 Å². The zero-order valence-electron chi connectivity index (χ0n) is 11.2. The number of hydrogen-bond acceptors (Lipinski definition) is 3. The molecule has 1 aliphatic heterocycles. The maximum Gasteiger partial charge on any atom is 0.0599 e. The Morgan fingerprint density at radius 3 is 2.56 bits per heavy atom. The second kappa shape index (κ2) is 8.04. The van der Waals surface area contributed by atoms with Crippen molar-refractivity contribution < 1.29 is 4.74 Å². The molecule has 1 N–H and O–H groups in total. The molecule has 0 atom stereocenters. The van der Waals surface area contributed by atoms with Crippen LogP contribution in [0.15, 0.2) is 0 Å². The second-order valence-electron chi connectivity index (χ2n) is 4.97. The number of nitrogens with one attached hydrogen (secondary N) is 1. The Labute approximate surface area is 101 Å². The molecule has 0 aromatic carbocycles. The zero-order chi connectivity index (χ0) is 11.8. The summed E-state index contributed by atoms with van der Waals surface area (Å²) in [6.45, 7) is 12.2. The fraction of sp³-hybridized carbons (Fsp3) is 1.00. The van der Waals surface area contributed by atoms with E-state index in [0.29, 0.717) is 12.1 Å². The molecule has 1 saturated heterocycles. The predicted octanol–water partition coefficient (Wildman–Crippen LogP) is 1.88. The molecule has 1 aliphatic rings. The molecule has 0 aromatic heterocycles. The van der Waals surface area contributed by atoms with Crippen LogP contribution in [-0.4, -0.2) is 49.8 Å². The summed E-state index contributed by atoms with van der Waals surface area (Å²) in [6.07, 6.45) is 4.07. The van der Waals surface area contributed by atoms with E-state index in [-0.39, 0.29) is 0 Å². The van der Waals surface area contributed by atoms with Crippen molar-refractivity contribution in [3.05, 3.63) is 0 Å². The standard InChI is InChI=1S/C13H28N2O/c1-4-15-9-6-13(7-10-15)16-11-5-8-14-12(2)3/h12-14H,4-11H2,1-3H3. The van der Waals surface area contributed by atoms with Crippen molar-refractivity contribution >= 4 is 0 Å². The van der Waals surface area contributed by atoms with Gasteiger partial charge >= 0.3 is 0 Å². The topological polar surface area (TPSA) is 24.5 Å². The summed E-state index contributed by atoms with van der Waals surface area (Å²) in [7, 11) is 0. The third-order valence-corrected chi connectivity index (χ3v) is 3.21. The Hall–Kier alpha value is -0.120. The van der Waals surface area contributed by atoms with Crippen LogP contribution >= 0.6 is 0 Å². The van der Waals surface area contributed by atoms with Gasteiger partial charge in [-0.3, -0.25) is 0 Å². The van der Waals surface area contributed by atoms with E-state index in [2.05, 4.69) is 31.0 Å². The molecule has 0 aromatic rings. The number of nitrogens with zero attached hydrogens (tertiary/aromatic N) is 1. The molecule has 3 heteroatoms. The van der Waals surface area contributed by atoms with Gasteiger partial charge in [0, 0.05) is 25.7 Å². The fourth-order valence-electron chi connectivity index (χ4n) is 2.11. The maximum absolute atomic E-state index is 5.89. The monoisotopic (exact) mass is 228 g/mol. The molecule has 3 nitrogen and oxygen atoms in total. The van der Waals surface area contributed by atoms with E-state index in [0.717, 1.165) is 19.6 Å². The smallest absolute Gasteiger partial charge is 0.0599 e. The Morgan fingerprint density at radius 2 is 2.00 bits per heavy atom. The summed E-state index contributed by atoms with van der Waals surface area (Å²) in [5, 5.41) is 3.41. The Kier molecular flexibility index (Phi) is 7.01. The van der Waals surface area contributed by atoms with E-state index < -0.39 is 0 Å². The van der Waals surface area contributed by atoms with Crippen molar-refractivity contribution in [2.45, 2.75) is 52.2 Å². The van der Waals surface area contributed by atoms with Crippen LogP contribution in [0.4, 0.5) is 0 Å². The van der Waals surface area contributed by atoms with Gasteiger partial charge < -0.3 is 15.0 Å². The van der Waals surface area contributed by atoms with E-state index in [1.165, 1.54) is 32.5 Å². The lowest BCUT2D eigenvalue weighted by Crippen LogP contribution is -2.37. The van der Waals surface area contributed by atoms with Gasteiger partial charge in [-0.25, -0.2) is 0 Å². The van der Waals surface area contributed by atoms with Crippen molar-refractivity contribution in [1.82, 2.24) is 10.2 Å². The van der Waals surface area contributed by atoms with Gasteiger partial charge in [-0.1, -0.05) is 20.8 Å². The highest BCUT2D eigenvalue weighted by atomic mass is 16.5. The Bertz CT molecular complexity index is 165. The number of hydrogen-bond donors (Lipinski definition) is 1. The summed E-state index contributed by atoms with van der Waals surface area (Å²) in [5.41, 5.74) is 0. The summed E-state index contributed by atoms with van der Waals surface area (Å²) >= 11 is 0. The summed E-state index contributed by atoms with van der Waals surface area (Å²) in [5.74, 6) is 0. The number of piperidine rings is 1. The molecule has 1 rings (SSSR count). The van der Waals surface area contributed by atoms with E-state index in [4.69, 9.17) is 4.74 Å². The largest absolute Gasteiger partial charge is 0.378 e. The van der Waals surface area contributed by atoms with E-state index in [9.17, 15) is 0 Å². The molecule has 0 unspecified atom stereocenters. The SMILES string of the molecule is CCN1CCC(OCCCNC(C)C)CC1. The van der Waals surface area contributed by atoms with Crippen molar-refractivity contribution in [3.63, 3.8) is 0 Å². The van der Waals surface area contributed by atoms with Crippen LogP contribution in [0, 0.1) is 0 Å². The second-order valence-corrected chi connectivity index (χ2v) is 4.97. The summed E-state index contributed by atoms with van der Waals surface area (Å²) in [4.78, 5) is 2.50.